The average molecular weight is 305 g/mol. The van der Waals surface area contributed by atoms with Gasteiger partial charge in [-0.05, 0) is 18.2 Å². The standard InChI is InChI=1S/C15H12FNO5/c16-12-4-10-7-20-9-22-15(10)11(5-12)8-21-14-3-1-2-13(6-14)17(18)19/h1-6H,7-9H2. The lowest BCUT2D eigenvalue weighted by atomic mass is 10.1. The Bertz CT molecular complexity index is 719. The Morgan fingerprint density at radius 1 is 1.32 bits per heavy atom. The van der Waals surface area contributed by atoms with Gasteiger partial charge in [-0.15, -0.1) is 0 Å². The number of nitro benzene ring substituents is 1. The van der Waals surface area contributed by atoms with Crippen LogP contribution in [-0.4, -0.2) is 11.7 Å². The van der Waals surface area contributed by atoms with Crippen LogP contribution in [0.3, 0.4) is 0 Å². The molecular formula is C15H12FNO5. The van der Waals surface area contributed by atoms with Crippen molar-refractivity contribution in [3.63, 3.8) is 0 Å². The number of hydrogen-bond donors (Lipinski definition) is 0. The Labute approximate surface area is 125 Å². The van der Waals surface area contributed by atoms with Crippen LogP contribution in [-0.2, 0) is 18.0 Å². The van der Waals surface area contributed by atoms with Crippen molar-refractivity contribution in [1.82, 2.24) is 0 Å². The van der Waals surface area contributed by atoms with Gasteiger partial charge in [0.05, 0.1) is 17.6 Å². The van der Waals surface area contributed by atoms with Crippen LogP contribution in [0.1, 0.15) is 11.1 Å². The van der Waals surface area contributed by atoms with E-state index in [9.17, 15) is 14.5 Å². The van der Waals surface area contributed by atoms with Gasteiger partial charge in [-0.2, -0.15) is 0 Å². The topological polar surface area (TPSA) is 70.8 Å². The lowest BCUT2D eigenvalue weighted by Crippen LogP contribution is -2.14. The molecule has 0 aliphatic carbocycles. The van der Waals surface area contributed by atoms with Crippen LogP contribution in [0, 0.1) is 15.9 Å². The number of hydrogen-bond acceptors (Lipinski definition) is 5. The molecule has 7 heteroatoms. The summed E-state index contributed by atoms with van der Waals surface area (Å²) in [6.07, 6.45) is 0. The summed E-state index contributed by atoms with van der Waals surface area (Å²) in [4.78, 5) is 10.2. The van der Waals surface area contributed by atoms with E-state index in [1.807, 2.05) is 0 Å². The first-order valence-electron chi connectivity index (χ1n) is 6.52. The molecular weight excluding hydrogens is 293 g/mol. The van der Waals surface area contributed by atoms with Crippen LogP contribution in [0.15, 0.2) is 36.4 Å². The SMILES string of the molecule is O=[N+]([O-])c1cccc(OCc2cc(F)cc3c2OCOC3)c1. The van der Waals surface area contributed by atoms with Crippen LogP contribution in [0.5, 0.6) is 11.5 Å². The summed E-state index contributed by atoms with van der Waals surface area (Å²) in [5, 5.41) is 10.7. The second kappa shape index (κ2) is 5.98. The Morgan fingerprint density at radius 2 is 2.18 bits per heavy atom. The van der Waals surface area contributed by atoms with Crippen molar-refractivity contribution in [2.75, 3.05) is 6.79 Å². The van der Waals surface area contributed by atoms with Crippen molar-refractivity contribution in [1.29, 1.82) is 0 Å². The summed E-state index contributed by atoms with van der Waals surface area (Å²) in [5.41, 5.74) is 1.08. The monoisotopic (exact) mass is 305 g/mol. The van der Waals surface area contributed by atoms with Crippen molar-refractivity contribution in [3.05, 3.63) is 63.5 Å². The molecule has 0 unspecified atom stereocenters. The highest BCUT2D eigenvalue weighted by Crippen LogP contribution is 2.30. The van der Waals surface area contributed by atoms with E-state index >= 15 is 0 Å². The molecule has 22 heavy (non-hydrogen) atoms. The quantitative estimate of drug-likeness (QED) is 0.641. The van der Waals surface area contributed by atoms with Gasteiger partial charge in [0.2, 0.25) is 0 Å². The van der Waals surface area contributed by atoms with Gasteiger partial charge in [0.1, 0.15) is 23.9 Å². The molecule has 1 aliphatic heterocycles. The van der Waals surface area contributed by atoms with Gasteiger partial charge in [0.15, 0.2) is 6.79 Å². The Balaban J connectivity index is 1.81. The average Bonchev–Trinajstić information content (AvgIpc) is 2.52. The molecule has 0 fully saturated rings. The van der Waals surface area contributed by atoms with Crippen LogP contribution in [0.25, 0.3) is 0 Å². The molecule has 3 rings (SSSR count). The summed E-state index contributed by atoms with van der Waals surface area (Å²) >= 11 is 0. The van der Waals surface area contributed by atoms with E-state index < -0.39 is 10.7 Å². The van der Waals surface area contributed by atoms with Crippen LogP contribution < -0.4 is 9.47 Å². The first-order valence-corrected chi connectivity index (χ1v) is 6.52. The molecule has 1 heterocycles. The maximum absolute atomic E-state index is 13.6. The largest absolute Gasteiger partial charge is 0.489 e. The fourth-order valence-corrected chi connectivity index (χ4v) is 2.21. The van der Waals surface area contributed by atoms with Crippen molar-refractivity contribution < 1.29 is 23.5 Å². The zero-order valence-electron chi connectivity index (χ0n) is 11.5. The van der Waals surface area contributed by atoms with Gasteiger partial charge in [0, 0.05) is 17.2 Å². The van der Waals surface area contributed by atoms with E-state index in [0.717, 1.165) is 0 Å². The number of benzene rings is 2. The molecule has 0 saturated carbocycles. The molecule has 0 amide bonds. The maximum atomic E-state index is 13.6. The van der Waals surface area contributed by atoms with E-state index in [1.54, 1.807) is 6.07 Å². The third-order valence-electron chi connectivity index (χ3n) is 3.17. The number of ether oxygens (including phenoxy) is 3. The number of halogens is 1. The lowest BCUT2D eigenvalue weighted by molar-refractivity contribution is -0.384. The highest BCUT2D eigenvalue weighted by Gasteiger charge is 2.17. The number of fused-ring (bicyclic) bond motifs is 1. The molecule has 0 aromatic heterocycles. The Hall–Kier alpha value is -2.67. The van der Waals surface area contributed by atoms with Gasteiger partial charge in [-0.3, -0.25) is 10.1 Å². The zero-order chi connectivity index (χ0) is 15.5. The highest BCUT2D eigenvalue weighted by atomic mass is 19.1. The smallest absolute Gasteiger partial charge is 0.273 e. The molecule has 0 bridgehead atoms. The molecule has 114 valence electrons. The number of non-ortho nitro benzene ring substituents is 1. The number of rotatable bonds is 4. The van der Waals surface area contributed by atoms with Gasteiger partial charge in [0.25, 0.3) is 5.69 Å². The normalized spacial score (nSPS) is 13.1. The van der Waals surface area contributed by atoms with Crippen molar-refractivity contribution in [3.8, 4) is 11.5 Å². The van der Waals surface area contributed by atoms with Gasteiger partial charge in [-0.25, -0.2) is 4.39 Å². The molecule has 0 atom stereocenters. The maximum Gasteiger partial charge on any atom is 0.273 e. The minimum absolute atomic E-state index is 0.0429. The van der Waals surface area contributed by atoms with Gasteiger partial charge < -0.3 is 14.2 Å². The second-order valence-electron chi connectivity index (χ2n) is 4.71. The number of nitro groups is 1. The first-order chi connectivity index (χ1) is 10.6. The van der Waals surface area contributed by atoms with E-state index in [0.29, 0.717) is 22.6 Å². The Kier molecular flexibility index (Phi) is 3.88. The summed E-state index contributed by atoms with van der Waals surface area (Å²) in [7, 11) is 0. The van der Waals surface area contributed by atoms with E-state index in [1.165, 1.54) is 30.3 Å². The minimum Gasteiger partial charge on any atom is -0.489 e. The fourth-order valence-electron chi connectivity index (χ4n) is 2.21. The van der Waals surface area contributed by atoms with Gasteiger partial charge >= 0.3 is 0 Å². The minimum atomic E-state index is -0.503. The van der Waals surface area contributed by atoms with E-state index in [4.69, 9.17) is 14.2 Å². The van der Waals surface area contributed by atoms with Crippen LogP contribution in [0.2, 0.25) is 0 Å². The third kappa shape index (κ3) is 2.99. The Morgan fingerprint density at radius 3 is 3.00 bits per heavy atom. The third-order valence-corrected chi connectivity index (χ3v) is 3.17. The molecule has 0 spiro atoms. The summed E-state index contributed by atoms with van der Waals surface area (Å²) in [5.74, 6) is 0.461. The van der Waals surface area contributed by atoms with Crippen molar-refractivity contribution in [2.45, 2.75) is 13.2 Å². The molecule has 2 aromatic rings. The van der Waals surface area contributed by atoms with E-state index in [-0.39, 0.29) is 25.7 Å². The van der Waals surface area contributed by atoms with Crippen molar-refractivity contribution >= 4 is 5.69 Å². The van der Waals surface area contributed by atoms with E-state index in [2.05, 4.69) is 0 Å². The highest BCUT2D eigenvalue weighted by molar-refractivity contribution is 5.43. The van der Waals surface area contributed by atoms with Crippen LogP contribution in [0.4, 0.5) is 10.1 Å². The molecule has 0 saturated heterocycles. The molecule has 1 aliphatic rings. The molecule has 0 N–H and O–H groups in total. The van der Waals surface area contributed by atoms with Gasteiger partial charge in [-0.1, -0.05) is 6.07 Å². The molecule has 2 aromatic carbocycles. The zero-order valence-corrected chi connectivity index (χ0v) is 11.5. The van der Waals surface area contributed by atoms with Crippen LogP contribution >= 0.6 is 0 Å². The second-order valence-corrected chi connectivity index (χ2v) is 4.71. The number of nitrogens with zero attached hydrogens (tertiary/aromatic N) is 1. The summed E-state index contributed by atoms with van der Waals surface area (Å²) in [6, 6.07) is 8.49. The predicted octanol–water partition coefficient (Wildman–Crippen LogP) is 3.18. The first kappa shape index (κ1) is 14.3. The molecule has 6 nitrogen and oxygen atoms in total. The van der Waals surface area contributed by atoms with Crippen molar-refractivity contribution in [2.24, 2.45) is 0 Å². The fraction of sp³-hybridized carbons (Fsp3) is 0.200. The predicted molar refractivity (Wildman–Crippen MR) is 74.1 cm³/mol. The lowest BCUT2D eigenvalue weighted by Gasteiger charge is -2.20. The summed E-state index contributed by atoms with van der Waals surface area (Å²) in [6.45, 7) is 0.417. The molecule has 0 radical (unpaired) electrons. The summed E-state index contributed by atoms with van der Waals surface area (Å²) < 4.78 is 29.6.